The first-order valence-corrected chi connectivity index (χ1v) is 9.25. The van der Waals surface area contributed by atoms with Crippen molar-refractivity contribution in [1.29, 1.82) is 0 Å². The highest BCUT2D eigenvalue weighted by Gasteiger charge is 2.41. The maximum absolute atomic E-state index is 12.8. The Morgan fingerprint density at radius 1 is 1.19 bits per heavy atom. The standard InChI is InChI=1S/C21H23ClN2O3/c1-13(2)14-5-8-16(9-6-14)23-19(25)12-24-17-11-15(22)7-10-18(17)27-21(3,4)20(24)26/h5-11,13H,12H2,1-4H3,(H,23,25). The Kier molecular flexibility index (Phi) is 5.16. The summed E-state index contributed by atoms with van der Waals surface area (Å²) in [4.78, 5) is 26.8. The highest BCUT2D eigenvalue weighted by Crippen LogP contribution is 2.39. The fourth-order valence-electron chi connectivity index (χ4n) is 2.99. The number of rotatable bonds is 4. The van der Waals surface area contributed by atoms with Crippen LogP contribution in [-0.4, -0.2) is 24.0 Å². The molecule has 0 bridgehead atoms. The van der Waals surface area contributed by atoms with Crippen LogP contribution in [0.2, 0.25) is 5.02 Å². The molecule has 5 nitrogen and oxygen atoms in total. The molecule has 0 saturated carbocycles. The number of nitrogens with zero attached hydrogens (tertiary/aromatic N) is 1. The smallest absolute Gasteiger partial charge is 0.271 e. The summed E-state index contributed by atoms with van der Waals surface area (Å²) in [7, 11) is 0. The van der Waals surface area contributed by atoms with Crippen molar-refractivity contribution in [2.24, 2.45) is 0 Å². The second-order valence-corrected chi connectivity index (χ2v) is 7.88. The van der Waals surface area contributed by atoms with Crippen molar-refractivity contribution in [1.82, 2.24) is 0 Å². The minimum Gasteiger partial charge on any atom is -0.476 e. The van der Waals surface area contributed by atoms with Gasteiger partial charge in [0.15, 0.2) is 5.60 Å². The molecule has 0 spiro atoms. The summed E-state index contributed by atoms with van der Waals surface area (Å²) in [6.45, 7) is 7.47. The molecule has 2 aromatic carbocycles. The number of nitrogens with one attached hydrogen (secondary N) is 1. The average molecular weight is 387 g/mol. The zero-order valence-corrected chi connectivity index (χ0v) is 16.6. The Bertz CT molecular complexity index is 875. The highest BCUT2D eigenvalue weighted by atomic mass is 35.5. The molecule has 0 unspecified atom stereocenters. The van der Waals surface area contributed by atoms with Crippen LogP contribution < -0.4 is 15.0 Å². The van der Waals surface area contributed by atoms with E-state index in [1.165, 1.54) is 10.5 Å². The third-order valence-electron chi connectivity index (χ3n) is 4.50. The summed E-state index contributed by atoms with van der Waals surface area (Å²) in [6, 6.07) is 12.7. The van der Waals surface area contributed by atoms with E-state index in [0.29, 0.717) is 28.1 Å². The Morgan fingerprint density at radius 3 is 2.48 bits per heavy atom. The SMILES string of the molecule is CC(C)c1ccc(NC(=O)CN2C(=O)C(C)(C)Oc3ccc(Cl)cc32)cc1. The normalized spacial score (nSPS) is 15.3. The van der Waals surface area contributed by atoms with E-state index in [4.69, 9.17) is 16.3 Å². The van der Waals surface area contributed by atoms with E-state index in [0.717, 1.165) is 0 Å². The molecule has 1 aliphatic rings. The van der Waals surface area contributed by atoms with Crippen molar-refractivity contribution < 1.29 is 14.3 Å². The van der Waals surface area contributed by atoms with Crippen molar-refractivity contribution in [3.8, 4) is 5.75 Å². The Morgan fingerprint density at radius 2 is 1.85 bits per heavy atom. The number of anilines is 2. The zero-order valence-electron chi connectivity index (χ0n) is 15.9. The fourth-order valence-corrected chi connectivity index (χ4v) is 3.16. The lowest BCUT2D eigenvalue weighted by molar-refractivity contribution is -0.133. The van der Waals surface area contributed by atoms with Gasteiger partial charge >= 0.3 is 0 Å². The van der Waals surface area contributed by atoms with Crippen LogP contribution in [0.5, 0.6) is 5.75 Å². The maximum Gasteiger partial charge on any atom is 0.271 e. The van der Waals surface area contributed by atoms with E-state index in [9.17, 15) is 9.59 Å². The average Bonchev–Trinajstić information content (AvgIpc) is 2.60. The number of carbonyl (C=O) groups is 2. The second kappa shape index (κ2) is 7.24. The molecule has 0 fully saturated rings. The molecule has 3 rings (SSSR count). The molecule has 0 aliphatic carbocycles. The molecule has 0 aromatic heterocycles. The van der Waals surface area contributed by atoms with E-state index in [-0.39, 0.29) is 18.4 Å². The van der Waals surface area contributed by atoms with Crippen LogP contribution >= 0.6 is 11.6 Å². The Hall–Kier alpha value is -2.53. The van der Waals surface area contributed by atoms with Gasteiger partial charge in [0.25, 0.3) is 5.91 Å². The summed E-state index contributed by atoms with van der Waals surface area (Å²) >= 11 is 6.07. The first-order chi connectivity index (χ1) is 12.7. The lowest BCUT2D eigenvalue weighted by atomic mass is 10.0. The molecule has 1 aliphatic heterocycles. The Labute approximate surface area is 164 Å². The number of fused-ring (bicyclic) bond motifs is 1. The van der Waals surface area contributed by atoms with Gasteiger partial charge < -0.3 is 10.1 Å². The van der Waals surface area contributed by atoms with E-state index in [1.54, 1.807) is 32.0 Å². The molecule has 6 heteroatoms. The summed E-state index contributed by atoms with van der Waals surface area (Å²) < 4.78 is 5.77. The van der Waals surface area contributed by atoms with Crippen molar-refractivity contribution in [3.63, 3.8) is 0 Å². The van der Waals surface area contributed by atoms with Crippen molar-refractivity contribution in [3.05, 3.63) is 53.1 Å². The van der Waals surface area contributed by atoms with Crippen LogP contribution in [-0.2, 0) is 9.59 Å². The number of ether oxygens (including phenoxy) is 1. The van der Waals surface area contributed by atoms with Gasteiger partial charge in [0.1, 0.15) is 12.3 Å². The second-order valence-electron chi connectivity index (χ2n) is 7.44. The van der Waals surface area contributed by atoms with Gasteiger partial charge in [-0.1, -0.05) is 37.6 Å². The molecule has 1 N–H and O–H groups in total. The molecule has 27 heavy (non-hydrogen) atoms. The van der Waals surface area contributed by atoms with Crippen LogP contribution in [0.3, 0.4) is 0 Å². The summed E-state index contributed by atoms with van der Waals surface area (Å²) in [5.74, 6) is 0.370. The molecular weight excluding hydrogens is 364 g/mol. The summed E-state index contributed by atoms with van der Waals surface area (Å²) in [5, 5.41) is 3.31. The Balaban J connectivity index is 1.80. The topological polar surface area (TPSA) is 58.6 Å². The maximum atomic E-state index is 12.8. The highest BCUT2D eigenvalue weighted by molar-refractivity contribution is 6.31. The summed E-state index contributed by atoms with van der Waals surface area (Å²) in [5.41, 5.74) is 1.33. The van der Waals surface area contributed by atoms with Crippen LogP contribution in [0.1, 0.15) is 39.2 Å². The van der Waals surface area contributed by atoms with E-state index < -0.39 is 5.60 Å². The van der Waals surface area contributed by atoms with Gasteiger partial charge in [-0.25, -0.2) is 0 Å². The van der Waals surface area contributed by atoms with Crippen LogP contribution in [0.25, 0.3) is 0 Å². The van der Waals surface area contributed by atoms with Gasteiger partial charge in [0.05, 0.1) is 5.69 Å². The molecule has 2 amide bonds. The molecule has 0 radical (unpaired) electrons. The van der Waals surface area contributed by atoms with E-state index in [2.05, 4.69) is 19.2 Å². The van der Waals surface area contributed by atoms with Crippen LogP contribution in [0.4, 0.5) is 11.4 Å². The molecule has 142 valence electrons. The lowest BCUT2D eigenvalue weighted by Crippen LogP contribution is -2.54. The van der Waals surface area contributed by atoms with Crippen LogP contribution in [0.15, 0.2) is 42.5 Å². The minimum absolute atomic E-state index is 0.120. The van der Waals surface area contributed by atoms with Crippen molar-refractivity contribution >= 4 is 34.8 Å². The van der Waals surface area contributed by atoms with E-state index >= 15 is 0 Å². The van der Waals surface area contributed by atoms with E-state index in [1.807, 2.05) is 24.3 Å². The number of carbonyl (C=O) groups excluding carboxylic acids is 2. The third-order valence-corrected chi connectivity index (χ3v) is 4.74. The molecular formula is C21H23ClN2O3. The largest absolute Gasteiger partial charge is 0.476 e. The van der Waals surface area contributed by atoms with Gasteiger partial charge in [-0.05, 0) is 55.7 Å². The number of halogens is 1. The predicted octanol–water partition coefficient (Wildman–Crippen LogP) is 4.61. The molecule has 0 saturated heterocycles. The first-order valence-electron chi connectivity index (χ1n) is 8.88. The summed E-state index contributed by atoms with van der Waals surface area (Å²) in [6.07, 6.45) is 0. The monoisotopic (exact) mass is 386 g/mol. The van der Waals surface area contributed by atoms with Gasteiger partial charge in [0, 0.05) is 10.7 Å². The fraction of sp³-hybridized carbons (Fsp3) is 0.333. The quantitative estimate of drug-likeness (QED) is 0.834. The van der Waals surface area contributed by atoms with Gasteiger partial charge in [-0.15, -0.1) is 0 Å². The third kappa shape index (κ3) is 4.08. The predicted molar refractivity (Wildman–Crippen MR) is 108 cm³/mol. The zero-order chi connectivity index (χ0) is 19.8. The van der Waals surface area contributed by atoms with Crippen molar-refractivity contribution in [2.45, 2.75) is 39.2 Å². The molecule has 1 heterocycles. The van der Waals surface area contributed by atoms with Gasteiger partial charge in [-0.3, -0.25) is 14.5 Å². The lowest BCUT2D eigenvalue weighted by Gasteiger charge is -2.38. The van der Waals surface area contributed by atoms with Crippen molar-refractivity contribution in [2.75, 3.05) is 16.8 Å². The molecule has 0 atom stereocenters. The number of hydrogen-bond acceptors (Lipinski definition) is 3. The van der Waals surface area contributed by atoms with Gasteiger partial charge in [-0.2, -0.15) is 0 Å². The number of amides is 2. The first kappa shape index (κ1) is 19.2. The number of benzene rings is 2. The minimum atomic E-state index is -1.06. The molecule has 2 aromatic rings. The van der Waals surface area contributed by atoms with Gasteiger partial charge in [0.2, 0.25) is 5.91 Å². The number of hydrogen-bond donors (Lipinski definition) is 1. The van der Waals surface area contributed by atoms with Crippen LogP contribution in [0, 0.1) is 0 Å².